The molecule has 1 N–H and O–H groups in total. The molecule has 0 aliphatic heterocycles. The van der Waals surface area contributed by atoms with E-state index < -0.39 is 5.97 Å². The van der Waals surface area contributed by atoms with Gasteiger partial charge < -0.3 is 14.3 Å². The minimum absolute atomic E-state index is 0.233. The molecule has 1 aromatic heterocycles. The summed E-state index contributed by atoms with van der Waals surface area (Å²) in [4.78, 5) is 10.8. The predicted octanol–water partition coefficient (Wildman–Crippen LogP) is 3.91. The standard InChI is InChI=1S/C18H16N2O4S/c1-12-2-4-13(5-3-12)16-19-20-18(24-16)25-11-10-23-15-8-6-14(7-9-15)17(21)22/h2-9H,10-11H2,1H3,(H,21,22). The summed E-state index contributed by atoms with van der Waals surface area (Å²) in [5, 5.41) is 17.4. The number of thioether (sulfide) groups is 1. The maximum atomic E-state index is 10.8. The van der Waals surface area contributed by atoms with Crippen molar-refractivity contribution in [2.75, 3.05) is 12.4 Å². The van der Waals surface area contributed by atoms with Gasteiger partial charge in [0.15, 0.2) is 0 Å². The van der Waals surface area contributed by atoms with E-state index >= 15 is 0 Å². The highest BCUT2D eigenvalue weighted by Gasteiger charge is 2.09. The normalized spacial score (nSPS) is 10.6. The highest BCUT2D eigenvalue weighted by Crippen LogP contribution is 2.23. The third-order valence-corrected chi connectivity index (χ3v) is 4.17. The molecule has 0 radical (unpaired) electrons. The molecule has 0 aliphatic rings. The Morgan fingerprint density at radius 2 is 1.84 bits per heavy atom. The van der Waals surface area contributed by atoms with Crippen LogP contribution in [-0.4, -0.2) is 33.6 Å². The summed E-state index contributed by atoms with van der Waals surface area (Å²) >= 11 is 1.41. The van der Waals surface area contributed by atoms with E-state index in [1.165, 1.54) is 29.5 Å². The number of carboxylic acid groups (broad SMARTS) is 1. The van der Waals surface area contributed by atoms with Crippen LogP contribution in [0.5, 0.6) is 5.75 Å². The second kappa shape index (κ2) is 7.85. The van der Waals surface area contributed by atoms with E-state index in [9.17, 15) is 4.79 Å². The fourth-order valence-corrected chi connectivity index (χ4v) is 2.64. The molecule has 25 heavy (non-hydrogen) atoms. The minimum atomic E-state index is -0.956. The summed E-state index contributed by atoms with van der Waals surface area (Å²) in [6, 6.07) is 14.2. The number of ether oxygens (including phenoxy) is 1. The van der Waals surface area contributed by atoms with Crippen LogP contribution in [0.3, 0.4) is 0 Å². The first-order chi connectivity index (χ1) is 12.1. The number of rotatable bonds is 7. The summed E-state index contributed by atoms with van der Waals surface area (Å²) < 4.78 is 11.2. The number of nitrogens with zero attached hydrogens (tertiary/aromatic N) is 2. The van der Waals surface area contributed by atoms with Gasteiger partial charge in [-0.05, 0) is 43.3 Å². The van der Waals surface area contributed by atoms with Crippen LogP contribution < -0.4 is 4.74 Å². The van der Waals surface area contributed by atoms with Crippen LogP contribution >= 0.6 is 11.8 Å². The first-order valence-corrected chi connectivity index (χ1v) is 8.60. The molecule has 0 bridgehead atoms. The fraction of sp³-hybridized carbons (Fsp3) is 0.167. The summed E-state index contributed by atoms with van der Waals surface area (Å²) in [6.45, 7) is 2.47. The number of aromatic nitrogens is 2. The van der Waals surface area contributed by atoms with E-state index in [1.807, 2.05) is 31.2 Å². The number of carbonyl (C=O) groups is 1. The van der Waals surface area contributed by atoms with Crippen molar-refractivity contribution >= 4 is 17.7 Å². The lowest BCUT2D eigenvalue weighted by molar-refractivity contribution is 0.0697. The Hall–Kier alpha value is -2.80. The predicted molar refractivity (Wildman–Crippen MR) is 94.1 cm³/mol. The van der Waals surface area contributed by atoms with Crippen molar-refractivity contribution in [1.29, 1.82) is 0 Å². The first kappa shape index (κ1) is 17.0. The van der Waals surface area contributed by atoms with Gasteiger partial charge in [-0.3, -0.25) is 0 Å². The molecule has 0 saturated heterocycles. The zero-order chi connectivity index (χ0) is 17.6. The first-order valence-electron chi connectivity index (χ1n) is 7.61. The van der Waals surface area contributed by atoms with Crippen LogP contribution in [0.15, 0.2) is 58.2 Å². The third kappa shape index (κ3) is 4.60. The highest BCUT2D eigenvalue weighted by atomic mass is 32.2. The Bertz CT molecular complexity index is 844. The van der Waals surface area contributed by atoms with Crippen molar-refractivity contribution in [3.05, 3.63) is 59.7 Å². The topological polar surface area (TPSA) is 85.5 Å². The summed E-state index contributed by atoms with van der Waals surface area (Å²) in [6.07, 6.45) is 0. The average molecular weight is 356 g/mol. The van der Waals surface area contributed by atoms with E-state index in [1.54, 1.807) is 12.1 Å². The van der Waals surface area contributed by atoms with Crippen LogP contribution in [0.1, 0.15) is 15.9 Å². The second-order valence-electron chi connectivity index (χ2n) is 5.27. The summed E-state index contributed by atoms with van der Waals surface area (Å²) in [5.74, 6) is 0.794. The van der Waals surface area contributed by atoms with Crippen LogP contribution in [0.4, 0.5) is 0 Å². The summed E-state index contributed by atoms with van der Waals surface area (Å²) in [5.41, 5.74) is 2.29. The minimum Gasteiger partial charge on any atom is -0.493 e. The van der Waals surface area contributed by atoms with Crippen molar-refractivity contribution < 1.29 is 19.1 Å². The van der Waals surface area contributed by atoms with Crippen molar-refractivity contribution in [3.63, 3.8) is 0 Å². The molecular weight excluding hydrogens is 340 g/mol. The molecule has 0 atom stereocenters. The van der Waals surface area contributed by atoms with E-state index in [2.05, 4.69) is 10.2 Å². The Labute approximate surface area is 148 Å². The van der Waals surface area contributed by atoms with Crippen molar-refractivity contribution in [2.45, 2.75) is 12.1 Å². The largest absolute Gasteiger partial charge is 0.493 e. The Morgan fingerprint density at radius 3 is 2.52 bits per heavy atom. The van der Waals surface area contributed by atoms with Gasteiger partial charge in [0, 0.05) is 11.3 Å². The molecule has 0 aliphatic carbocycles. The average Bonchev–Trinajstić information content (AvgIpc) is 3.09. The zero-order valence-corrected chi connectivity index (χ0v) is 14.3. The summed E-state index contributed by atoms with van der Waals surface area (Å²) in [7, 11) is 0. The Morgan fingerprint density at radius 1 is 1.12 bits per heavy atom. The van der Waals surface area contributed by atoms with Crippen LogP contribution in [0.2, 0.25) is 0 Å². The van der Waals surface area contributed by atoms with Crippen molar-refractivity contribution in [3.8, 4) is 17.2 Å². The van der Waals surface area contributed by atoms with Gasteiger partial charge in [-0.2, -0.15) is 0 Å². The highest BCUT2D eigenvalue weighted by molar-refractivity contribution is 7.99. The lowest BCUT2D eigenvalue weighted by Gasteiger charge is -2.04. The van der Waals surface area contributed by atoms with Crippen molar-refractivity contribution in [1.82, 2.24) is 10.2 Å². The van der Waals surface area contributed by atoms with E-state index in [0.29, 0.717) is 29.2 Å². The zero-order valence-electron chi connectivity index (χ0n) is 13.5. The lowest BCUT2D eigenvalue weighted by atomic mass is 10.1. The van der Waals surface area contributed by atoms with Crippen molar-refractivity contribution in [2.24, 2.45) is 0 Å². The Kier molecular flexibility index (Phi) is 5.35. The molecule has 3 aromatic rings. The molecule has 7 heteroatoms. The quantitative estimate of drug-likeness (QED) is 0.507. The molecule has 0 amide bonds. The second-order valence-corrected chi connectivity index (χ2v) is 6.31. The van der Waals surface area contributed by atoms with Gasteiger partial charge in [-0.25, -0.2) is 4.79 Å². The number of aryl methyl sites for hydroxylation is 1. The molecule has 6 nitrogen and oxygen atoms in total. The Balaban J connectivity index is 1.48. The maximum Gasteiger partial charge on any atom is 0.335 e. The van der Waals surface area contributed by atoms with Crippen LogP contribution in [0.25, 0.3) is 11.5 Å². The molecule has 0 saturated carbocycles. The third-order valence-electron chi connectivity index (χ3n) is 3.38. The van der Waals surface area contributed by atoms with Gasteiger partial charge in [0.25, 0.3) is 5.22 Å². The molecular formula is C18H16N2O4S. The number of benzene rings is 2. The molecule has 3 rings (SSSR count). The fourth-order valence-electron chi connectivity index (χ4n) is 2.06. The van der Waals surface area contributed by atoms with Gasteiger partial charge in [-0.15, -0.1) is 10.2 Å². The number of aromatic carboxylic acids is 1. The monoisotopic (exact) mass is 356 g/mol. The van der Waals surface area contributed by atoms with E-state index in [-0.39, 0.29) is 5.56 Å². The van der Waals surface area contributed by atoms with E-state index in [4.69, 9.17) is 14.3 Å². The van der Waals surface area contributed by atoms with Gasteiger partial charge in [0.05, 0.1) is 12.2 Å². The van der Waals surface area contributed by atoms with Crippen LogP contribution in [0, 0.1) is 6.92 Å². The molecule has 0 spiro atoms. The molecule has 0 fully saturated rings. The van der Waals surface area contributed by atoms with Gasteiger partial charge in [0.1, 0.15) is 5.75 Å². The number of hydrogen-bond acceptors (Lipinski definition) is 6. The van der Waals surface area contributed by atoms with E-state index in [0.717, 1.165) is 5.56 Å². The van der Waals surface area contributed by atoms with Gasteiger partial charge in [-0.1, -0.05) is 29.5 Å². The van der Waals surface area contributed by atoms with Crippen LogP contribution in [-0.2, 0) is 0 Å². The number of hydrogen-bond donors (Lipinski definition) is 1. The smallest absolute Gasteiger partial charge is 0.335 e. The SMILES string of the molecule is Cc1ccc(-c2nnc(SCCOc3ccc(C(=O)O)cc3)o2)cc1. The molecule has 0 unspecified atom stereocenters. The molecule has 128 valence electrons. The lowest BCUT2D eigenvalue weighted by Crippen LogP contribution is -2.01. The van der Waals surface area contributed by atoms with Gasteiger partial charge >= 0.3 is 5.97 Å². The van der Waals surface area contributed by atoms with Gasteiger partial charge in [0.2, 0.25) is 5.89 Å². The number of carboxylic acids is 1. The molecule has 2 aromatic carbocycles. The molecule has 1 heterocycles. The maximum absolute atomic E-state index is 10.8.